The number of nitrogens with two attached hydrogens (primary N) is 1. The predicted molar refractivity (Wildman–Crippen MR) is 62.6 cm³/mol. The van der Waals surface area contributed by atoms with Crippen LogP contribution >= 0.6 is 11.8 Å². The number of aliphatic hydroxyl groups excluding tert-OH is 1. The molecule has 2 nitrogen and oxygen atoms in total. The Labute approximate surface area is 89.5 Å². The molecule has 0 atom stereocenters. The Hall–Kier alpha value is -0.670. The van der Waals surface area contributed by atoms with E-state index in [1.165, 1.54) is 5.56 Å². The molecule has 14 heavy (non-hydrogen) atoms. The molecule has 0 heterocycles. The molecular weight excluding hydrogens is 194 g/mol. The molecule has 0 aliphatic rings. The number of rotatable bonds is 5. The number of hydrogen-bond donors (Lipinski definition) is 2. The van der Waals surface area contributed by atoms with Crippen molar-refractivity contribution >= 4 is 17.4 Å². The Bertz CT molecular complexity index is 289. The molecule has 1 aromatic carbocycles. The summed E-state index contributed by atoms with van der Waals surface area (Å²) in [6.07, 6.45) is 1.91. The topological polar surface area (TPSA) is 46.2 Å². The highest BCUT2D eigenvalue weighted by atomic mass is 32.2. The fraction of sp³-hybridized carbons (Fsp3) is 0.455. The molecule has 1 aromatic rings. The predicted octanol–water partition coefficient (Wildman–Crippen LogP) is 2.44. The fourth-order valence-electron chi connectivity index (χ4n) is 1.16. The molecule has 0 bridgehead atoms. The second kappa shape index (κ2) is 5.94. The normalized spacial score (nSPS) is 10.4. The first-order chi connectivity index (χ1) is 6.74. The van der Waals surface area contributed by atoms with E-state index in [4.69, 9.17) is 10.8 Å². The molecule has 0 amide bonds. The average Bonchev–Trinajstić information content (AvgIpc) is 2.18. The summed E-state index contributed by atoms with van der Waals surface area (Å²) in [5.74, 6) is 1.02. The van der Waals surface area contributed by atoms with Gasteiger partial charge in [-0.25, -0.2) is 0 Å². The summed E-state index contributed by atoms with van der Waals surface area (Å²) in [4.78, 5) is 1.16. The van der Waals surface area contributed by atoms with Gasteiger partial charge in [-0.1, -0.05) is 6.07 Å². The molecule has 3 N–H and O–H groups in total. The maximum atomic E-state index is 8.63. The number of benzene rings is 1. The lowest BCUT2D eigenvalue weighted by Crippen LogP contribution is -1.91. The lowest BCUT2D eigenvalue weighted by Gasteiger charge is -2.05. The third-order valence-electron chi connectivity index (χ3n) is 1.98. The SMILES string of the molecule is Cc1ccc(N)c(SCCCCO)c1. The van der Waals surface area contributed by atoms with Crippen LogP contribution in [0.5, 0.6) is 0 Å². The van der Waals surface area contributed by atoms with Gasteiger partial charge in [-0.15, -0.1) is 11.8 Å². The van der Waals surface area contributed by atoms with Crippen LogP contribution in [0.2, 0.25) is 0 Å². The zero-order chi connectivity index (χ0) is 10.4. The molecule has 0 aliphatic heterocycles. The van der Waals surface area contributed by atoms with Crippen LogP contribution in [-0.2, 0) is 0 Å². The van der Waals surface area contributed by atoms with Gasteiger partial charge in [0.05, 0.1) is 0 Å². The molecule has 3 heteroatoms. The Kier molecular flexibility index (Phi) is 4.84. The molecule has 78 valence electrons. The lowest BCUT2D eigenvalue weighted by molar-refractivity contribution is 0.287. The van der Waals surface area contributed by atoms with Crippen LogP contribution in [0.1, 0.15) is 18.4 Å². The minimum absolute atomic E-state index is 0.282. The minimum Gasteiger partial charge on any atom is -0.398 e. The van der Waals surface area contributed by atoms with Crippen LogP contribution in [0.15, 0.2) is 23.1 Å². The van der Waals surface area contributed by atoms with Gasteiger partial charge in [-0.2, -0.15) is 0 Å². The Morgan fingerprint density at radius 2 is 2.14 bits per heavy atom. The smallest absolute Gasteiger partial charge is 0.0452 e. The quantitative estimate of drug-likeness (QED) is 0.447. The number of anilines is 1. The number of aliphatic hydroxyl groups is 1. The Morgan fingerprint density at radius 1 is 1.36 bits per heavy atom. The summed E-state index contributed by atoms with van der Waals surface area (Å²) in [7, 11) is 0. The zero-order valence-electron chi connectivity index (χ0n) is 8.49. The summed E-state index contributed by atoms with van der Waals surface area (Å²) in [5, 5.41) is 8.63. The van der Waals surface area contributed by atoms with E-state index in [0.717, 1.165) is 29.2 Å². The van der Waals surface area contributed by atoms with Gasteiger partial charge in [-0.3, -0.25) is 0 Å². The number of nitrogen functional groups attached to an aromatic ring is 1. The standard InChI is InChI=1S/C11H17NOS/c1-9-4-5-10(12)11(8-9)14-7-3-2-6-13/h4-5,8,13H,2-3,6-7,12H2,1H3. The van der Waals surface area contributed by atoms with Crippen LogP contribution in [-0.4, -0.2) is 17.5 Å². The molecule has 0 saturated heterocycles. The highest BCUT2D eigenvalue weighted by molar-refractivity contribution is 7.99. The second-order valence-electron chi connectivity index (χ2n) is 3.32. The van der Waals surface area contributed by atoms with Crippen molar-refractivity contribution in [3.05, 3.63) is 23.8 Å². The van der Waals surface area contributed by atoms with Crippen LogP contribution in [0.4, 0.5) is 5.69 Å². The molecular formula is C11H17NOS. The van der Waals surface area contributed by atoms with Gasteiger partial charge in [0.25, 0.3) is 0 Å². The number of unbranched alkanes of at least 4 members (excludes halogenated alkanes) is 1. The highest BCUT2D eigenvalue weighted by Gasteiger charge is 1.99. The number of thioether (sulfide) groups is 1. The van der Waals surface area contributed by atoms with Crippen molar-refractivity contribution < 1.29 is 5.11 Å². The fourth-order valence-corrected chi connectivity index (χ4v) is 2.23. The van der Waals surface area contributed by atoms with Crippen LogP contribution in [0.3, 0.4) is 0 Å². The molecule has 0 radical (unpaired) electrons. The van der Waals surface area contributed by atoms with Gasteiger partial charge >= 0.3 is 0 Å². The van der Waals surface area contributed by atoms with Gasteiger partial charge in [0.1, 0.15) is 0 Å². The van der Waals surface area contributed by atoms with Crippen molar-refractivity contribution in [3.63, 3.8) is 0 Å². The number of hydrogen-bond acceptors (Lipinski definition) is 3. The van der Waals surface area contributed by atoms with E-state index < -0.39 is 0 Å². The van der Waals surface area contributed by atoms with Crippen LogP contribution in [0.25, 0.3) is 0 Å². The Balaban J connectivity index is 2.45. The molecule has 0 spiro atoms. The monoisotopic (exact) mass is 211 g/mol. The van der Waals surface area contributed by atoms with E-state index in [9.17, 15) is 0 Å². The summed E-state index contributed by atoms with van der Waals surface area (Å²) < 4.78 is 0. The van der Waals surface area contributed by atoms with Gasteiger partial charge in [0.2, 0.25) is 0 Å². The largest absolute Gasteiger partial charge is 0.398 e. The summed E-state index contributed by atoms with van der Waals surface area (Å²) in [6.45, 7) is 2.35. The van der Waals surface area contributed by atoms with Gasteiger partial charge in [0.15, 0.2) is 0 Å². The zero-order valence-corrected chi connectivity index (χ0v) is 9.31. The van der Waals surface area contributed by atoms with Crippen molar-refractivity contribution in [1.82, 2.24) is 0 Å². The minimum atomic E-state index is 0.282. The summed E-state index contributed by atoms with van der Waals surface area (Å²) >= 11 is 1.77. The molecule has 0 saturated carbocycles. The summed E-state index contributed by atoms with van der Waals surface area (Å²) in [5.41, 5.74) is 7.93. The first-order valence-corrected chi connectivity index (χ1v) is 5.82. The van der Waals surface area contributed by atoms with E-state index in [1.807, 2.05) is 12.1 Å². The molecule has 0 fully saturated rings. The van der Waals surface area contributed by atoms with Crippen LogP contribution < -0.4 is 5.73 Å². The molecule has 0 aliphatic carbocycles. The maximum Gasteiger partial charge on any atom is 0.0452 e. The van der Waals surface area contributed by atoms with E-state index in [1.54, 1.807) is 11.8 Å². The Morgan fingerprint density at radius 3 is 2.86 bits per heavy atom. The summed E-state index contributed by atoms with van der Waals surface area (Å²) in [6, 6.07) is 6.08. The second-order valence-corrected chi connectivity index (χ2v) is 4.46. The lowest BCUT2D eigenvalue weighted by atomic mass is 10.2. The first kappa shape index (κ1) is 11.4. The van der Waals surface area contributed by atoms with Crippen molar-refractivity contribution in [3.8, 4) is 0 Å². The molecule has 1 rings (SSSR count). The first-order valence-electron chi connectivity index (χ1n) is 4.84. The number of aryl methyl sites for hydroxylation is 1. The van der Waals surface area contributed by atoms with Crippen LogP contribution in [0, 0.1) is 6.92 Å². The van der Waals surface area contributed by atoms with E-state index in [-0.39, 0.29) is 6.61 Å². The molecule has 0 aromatic heterocycles. The van der Waals surface area contributed by atoms with Crippen molar-refractivity contribution in [2.75, 3.05) is 18.1 Å². The van der Waals surface area contributed by atoms with E-state index in [2.05, 4.69) is 13.0 Å². The maximum absolute atomic E-state index is 8.63. The highest BCUT2D eigenvalue weighted by Crippen LogP contribution is 2.26. The third kappa shape index (κ3) is 3.60. The third-order valence-corrected chi connectivity index (χ3v) is 3.14. The van der Waals surface area contributed by atoms with Gasteiger partial charge in [-0.05, 0) is 43.2 Å². The van der Waals surface area contributed by atoms with Crippen molar-refractivity contribution in [2.45, 2.75) is 24.7 Å². The van der Waals surface area contributed by atoms with Gasteiger partial charge in [0, 0.05) is 17.2 Å². The van der Waals surface area contributed by atoms with Crippen molar-refractivity contribution in [1.29, 1.82) is 0 Å². The van der Waals surface area contributed by atoms with Gasteiger partial charge < -0.3 is 10.8 Å². The average molecular weight is 211 g/mol. The van der Waals surface area contributed by atoms with E-state index in [0.29, 0.717) is 0 Å². The van der Waals surface area contributed by atoms with Crippen molar-refractivity contribution in [2.24, 2.45) is 0 Å². The molecule has 0 unspecified atom stereocenters. The van der Waals surface area contributed by atoms with E-state index >= 15 is 0 Å².